The summed E-state index contributed by atoms with van der Waals surface area (Å²) < 4.78 is 37.1. The number of aromatic nitrogens is 2. The van der Waals surface area contributed by atoms with E-state index in [0.717, 1.165) is 0 Å². The lowest BCUT2D eigenvalue weighted by Crippen LogP contribution is -2.49. The lowest BCUT2D eigenvalue weighted by atomic mass is 10.2. The Labute approximate surface area is 126 Å². The monoisotopic (exact) mass is 322 g/mol. The molecule has 8 heteroatoms. The highest BCUT2D eigenvalue weighted by Crippen LogP contribution is 2.22. The maximum atomic E-state index is 12.4. The summed E-state index contributed by atoms with van der Waals surface area (Å²) >= 11 is 5.99. The number of piperazine rings is 1. The van der Waals surface area contributed by atoms with Gasteiger partial charge in [0, 0.05) is 38.2 Å². The fraction of sp³-hybridized carbons (Fsp3) is 0.692. The van der Waals surface area contributed by atoms with Gasteiger partial charge in [0.15, 0.2) is 0 Å². The summed E-state index contributed by atoms with van der Waals surface area (Å²) in [5, 5.41) is 0.362. The van der Waals surface area contributed by atoms with Crippen LogP contribution in [0.4, 0.5) is 19.0 Å². The second-order valence-electron chi connectivity index (χ2n) is 5.44. The predicted octanol–water partition coefficient (Wildman–Crippen LogP) is 2.94. The van der Waals surface area contributed by atoms with E-state index in [-0.39, 0.29) is 5.92 Å². The van der Waals surface area contributed by atoms with E-state index in [4.69, 9.17) is 11.6 Å². The van der Waals surface area contributed by atoms with Crippen molar-refractivity contribution in [3.8, 4) is 0 Å². The zero-order chi connectivity index (χ0) is 15.6. The van der Waals surface area contributed by atoms with Gasteiger partial charge in [-0.3, -0.25) is 4.90 Å². The highest BCUT2D eigenvalue weighted by Gasteiger charge is 2.32. The summed E-state index contributed by atoms with van der Waals surface area (Å²) in [5.41, 5.74) is 0. The van der Waals surface area contributed by atoms with E-state index in [1.165, 1.54) is 4.90 Å². The third kappa shape index (κ3) is 4.71. The molecule has 0 saturated carbocycles. The summed E-state index contributed by atoms with van der Waals surface area (Å²) in [6, 6.07) is 1.66. The van der Waals surface area contributed by atoms with E-state index in [1.54, 1.807) is 6.07 Å². The molecular formula is C13H18ClF3N4. The van der Waals surface area contributed by atoms with Gasteiger partial charge < -0.3 is 4.90 Å². The van der Waals surface area contributed by atoms with Crippen molar-refractivity contribution in [2.75, 3.05) is 37.6 Å². The van der Waals surface area contributed by atoms with Crippen LogP contribution in [0.25, 0.3) is 0 Å². The number of hydrogen-bond donors (Lipinski definition) is 0. The largest absolute Gasteiger partial charge is 0.401 e. The number of rotatable bonds is 3. The molecule has 1 aliphatic heterocycles. The molecule has 0 spiro atoms. The van der Waals surface area contributed by atoms with Crippen LogP contribution in [-0.4, -0.2) is 53.8 Å². The molecule has 0 N–H and O–H groups in total. The molecule has 1 aromatic rings. The zero-order valence-electron chi connectivity index (χ0n) is 12.0. The topological polar surface area (TPSA) is 32.3 Å². The molecule has 1 saturated heterocycles. The Balaban J connectivity index is 2.02. The molecule has 2 heterocycles. The first kappa shape index (κ1) is 16.3. The van der Waals surface area contributed by atoms with Crippen molar-refractivity contribution in [1.29, 1.82) is 0 Å². The Kier molecular flexibility index (Phi) is 4.93. The van der Waals surface area contributed by atoms with E-state index in [9.17, 15) is 13.2 Å². The van der Waals surface area contributed by atoms with Crippen LogP contribution in [0.1, 0.15) is 25.6 Å². The molecule has 118 valence electrons. The molecule has 2 rings (SSSR count). The fourth-order valence-corrected chi connectivity index (χ4v) is 2.42. The minimum Gasteiger partial charge on any atom is -0.354 e. The van der Waals surface area contributed by atoms with E-state index in [0.29, 0.717) is 43.0 Å². The van der Waals surface area contributed by atoms with Crippen molar-refractivity contribution in [3.63, 3.8) is 0 Å². The average Bonchev–Trinajstić information content (AvgIpc) is 2.37. The minimum absolute atomic E-state index is 0.147. The molecule has 0 aliphatic carbocycles. The molecule has 21 heavy (non-hydrogen) atoms. The molecule has 0 unspecified atom stereocenters. The van der Waals surface area contributed by atoms with Crippen molar-refractivity contribution in [2.24, 2.45) is 0 Å². The average molecular weight is 323 g/mol. The Hall–Kier alpha value is -1.08. The van der Waals surface area contributed by atoms with Gasteiger partial charge in [0.1, 0.15) is 16.8 Å². The van der Waals surface area contributed by atoms with Gasteiger partial charge in [0.2, 0.25) is 0 Å². The van der Waals surface area contributed by atoms with Crippen molar-refractivity contribution >= 4 is 17.4 Å². The van der Waals surface area contributed by atoms with E-state index in [1.807, 2.05) is 18.7 Å². The SMILES string of the molecule is CC(C)c1nc(Cl)cc(N2CCN(CC(F)(F)F)CC2)n1. The number of hydrogen-bond acceptors (Lipinski definition) is 4. The van der Waals surface area contributed by atoms with Crippen LogP contribution in [0.5, 0.6) is 0 Å². The first-order valence-electron chi connectivity index (χ1n) is 6.83. The third-order valence-electron chi connectivity index (χ3n) is 3.31. The molecule has 0 bridgehead atoms. The van der Waals surface area contributed by atoms with Gasteiger partial charge in [0.25, 0.3) is 0 Å². The Bertz CT molecular complexity index is 485. The summed E-state index contributed by atoms with van der Waals surface area (Å²) in [6.45, 7) is 4.80. The number of alkyl halides is 3. The smallest absolute Gasteiger partial charge is 0.354 e. The molecule has 0 atom stereocenters. The number of halogens is 4. The van der Waals surface area contributed by atoms with Crippen LogP contribution in [0.15, 0.2) is 6.07 Å². The quantitative estimate of drug-likeness (QED) is 0.801. The van der Waals surface area contributed by atoms with Gasteiger partial charge >= 0.3 is 6.18 Å². The fourth-order valence-electron chi connectivity index (χ4n) is 2.23. The molecule has 0 amide bonds. The van der Waals surface area contributed by atoms with E-state index in [2.05, 4.69) is 9.97 Å². The number of nitrogens with zero attached hydrogens (tertiary/aromatic N) is 4. The second-order valence-corrected chi connectivity index (χ2v) is 5.83. The number of anilines is 1. The second kappa shape index (κ2) is 6.36. The molecule has 1 aliphatic rings. The van der Waals surface area contributed by atoms with Crippen molar-refractivity contribution < 1.29 is 13.2 Å². The summed E-state index contributed by atoms with van der Waals surface area (Å²) in [7, 11) is 0. The maximum Gasteiger partial charge on any atom is 0.401 e. The van der Waals surface area contributed by atoms with Crippen LogP contribution < -0.4 is 4.90 Å². The minimum atomic E-state index is -4.15. The predicted molar refractivity (Wildman–Crippen MR) is 75.8 cm³/mol. The normalized spacial score (nSPS) is 17.6. The Morgan fingerprint density at radius 1 is 1.19 bits per heavy atom. The highest BCUT2D eigenvalue weighted by molar-refractivity contribution is 6.29. The van der Waals surface area contributed by atoms with Gasteiger partial charge in [0.05, 0.1) is 6.54 Å². The van der Waals surface area contributed by atoms with Crippen LogP contribution in [0.3, 0.4) is 0 Å². The van der Waals surface area contributed by atoms with E-state index < -0.39 is 12.7 Å². The Morgan fingerprint density at radius 3 is 2.33 bits per heavy atom. The molecule has 4 nitrogen and oxygen atoms in total. The lowest BCUT2D eigenvalue weighted by Gasteiger charge is -2.35. The Morgan fingerprint density at radius 2 is 1.81 bits per heavy atom. The molecule has 0 radical (unpaired) electrons. The van der Waals surface area contributed by atoms with Gasteiger partial charge in [-0.1, -0.05) is 25.4 Å². The third-order valence-corrected chi connectivity index (χ3v) is 3.51. The highest BCUT2D eigenvalue weighted by atomic mass is 35.5. The zero-order valence-corrected chi connectivity index (χ0v) is 12.7. The van der Waals surface area contributed by atoms with Crippen LogP contribution in [0.2, 0.25) is 5.15 Å². The van der Waals surface area contributed by atoms with Crippen LogP contribution in [-0.2, 0) is 0 Å². The molecule has 1 aromatic heterocycles. The first-order valence-corrected chi connectivity index (χ1v) is 7.21. The van der Waals surface area contributed by atoms with Gasteiger partial charge in [-0.05, 0) is 0 Å². The van der Waals surface area contributed by atoms with Crippen molar-refractivity contribution in [3.05, 3.63) is 17.0 Å². The van der Waals surface area contributed by atoms with Crippen molar-refractivity contribution in [2.45, 2.75) is 25.9 Å². The van der Waals surface area contributed by atoms with Crippen LogP contribution in [0, 0.1) is 0 Å². The first-order chi connectivity index (χ1) is 9.74. The lowest BCUT2D eigenvalue weighted by molar-refractivity contribution is -0.146. The van der Waals surface area contributed by atoms with Crippen molar-refractivity contribution in [1.82, 2.24) is 14.9 Å². The van der Waals surface area contributed by atoms with Gasteiger partial charge in [-0.25, -0.2) is 9.97 Å². The molecule has 0 aromatic carbocycles. The summed E-state index contributed by atoms with van der Waals surface area (Å²) in [6.07, 6.45) is -4.15. The molecular weight excluding hydrogens is 305 g/mol. The van der Waals surface area contributed by atoms with Crippen LogP contribution >= 0.6 is 11.6 Å². The molecule has 1 fully saturated rings. The summed E-state index contributed by atoms with van der Waals surface area (Å²) in [4.78, 5) is 12.0. The van der Waals surface area contributed by atoms with E-state index >= 15 is 0 Å². The van der Waals surface area contributed by atoms with Gasteiger partial charge in [-0.2, -0.15) is 13.2 Å². The maximum absolute atomic E-state index is 12.4. The standard InChI is InChI=1S/C13H18ClF3N4/c1-9(2)12-18-10(14)7-11(19-12)21-5-3-20(4-6-21)8-13(15,16)17/h7,9H,3-6,8H2,1-2H3. The summed E-state index contributed by atoms with van der Waals surface area (Å²) in [5.74, 6) is 1.48. The van der Waals surface area contributed by atoms with Gasteiger partial charge in [-0.15, -0.1) is 0 Å².